The normalized spacial score (nSPS) is 15.1. The number of nitrogens with one attached hydrogen (secondary N) is 2. The Hall–Kier alpha value is -2.34. The summed E-state index contributed by atoms with van der Waals surface area (Å²) in [6, 6.07) is 7.73. The van der Waals surface area contributed by atoms with Gasteiger partial charge in [-0.05, 0) is 31.3 Å². The Morgan fingerprint density at radius 1 is 1.13 bits per heavy atom. The first kappa shape index (κ1) is 17.0. The summed E-state index contributed by atoms with van der Waals surface area (Å²) >= 11 is 0. The standard InChI is InChI=1S/C17H24N4O2/c1-3-8-18-16(22)13-17(23)19-14-4-6-15(7-5-14)21-11-9-20(2)10-12-21/h3-7H,1,8-13H2,2H3,(H,18,22)(H,19,23). The van der Waals surface area contributed by atoms with Crippen LogP contribution in [0.1, 0.15) is 6.42 Å². The fraction of sp³-hybridized carbons (Fsp3) is 0.412. The summed E-state index contributed by atoms with van der Waals surface area (Å²) in [6.45, 7) is 7.99. The van der Waals surface area contributed by atoms with Crippen molar-refractivity contribution in [1.29, 1.82) is 0 Å². The maximum absolute atomic E-state index is 11.8. The molecule has 0 bridgehead atoms. The molecule has 1 aromatic carbocycles. The van der Waals surface area contributed by atoms with Gasteiger partial charge in [-0.3, -0.25) is 9.59 Å². The van der Waals surface area contributed by atoms with E-state index in [1.54, 1.807) is 6.08 Å². The van der Waals surface area contributed by atoms with Gasteiger partial charge < -0.3 is 20.4 Å². The number of hydrogen-bond donors (Lipinski definition) is 2. The van der Waals surface area contributed by atoms with E-state index in [0.29, 0.717) is 12.2 Å². The number of amides is 2. The Morgan fingerprint density at radius 3 is 2.39 bits per heavy atom. The summed E-state index contributed by atoms with van der Waals surface area (Å²) in [5.74, 6) is -0.629. The molecular formula is C17H24N4O2. The van der Waals surface area contributed by atoms with Gasteiger partial charge in [0.2, 0.25) is 11.8 Å². The Bertz CT molecular complexity index is 548. The van der Waals surface area contributed by atoms with Gasteiger partial charge in [0.15, 0.2) is 0 Å². The first-order chi connectivity index (χ1) is 11.1. The molecule has 1 saturated heterocycles. The maximum Gasteiger partial charge on any atom is 0.233 e. The molecule has 0 atom stereocenters. The van der Waals surface area contributed by atoms with E-state index < -0.39 is 0 Å². The molecule has 0 saturated carbocycles. The van der Waals surface area contributed by atoms with Crippen LogP contribution < -0.4 is 15.5 Å². The lowest BCUT2D eigenvalue weighted by molar-refractivity contribution is -0.126. The number of likely N-dealkylation sites (N-methyl/N-ethyl adjacent to an activating group) is 1. The highest BCUT2D eigenvalue weighted by molar-refractivity contribution is 6.03. The fourth-order valence-corrected chi connectivity index (χ4v) is 2.42. The summed E-state index contributed by atoms with van der Waals surface area (Å²) in [5.41, 5.74) is 1.85. The summed E-state index contributed by atoms with van der Waals surface area (Å²) in [5, 5.41) is 5.31. The van der Waals surface area contributed by atoms with Gasteiger partial charge in [-0.2, -0.15) is 0 Å². The summed E-state index contributed by atoms with van der Waals surface area (Å²) in [4.78, 5) is 27.9. The van der Waals surface area contributed by atoms with Crippen LogP contribution in [0.15, 0.2) is 36.9 Å². The van der Waals surface area contributed by atoms with Gasteiger partial charge >= 0.3 is 0 Å². The van der Waals surface area contributed by atoms with Crippen LogP contribution in [0.2, 0.25) is 0 Å². The second-order valence-corrected chi connectivity index (χ2v) is 5.65. The third kappa shape index (κ3) is 5.41. The zero-order valence-electron chi connectivity index (χ0n) is 13.5. The van der Waals surface area contributed by atoms with E-state index in [1.165, 1.54) is 0 Å². The Kier molecular flexibility index (Phi) is 6.17. The maximum atomic E-state index is 11.8. The molecule has 1 aromatic rings. The van der Waals surface area contributed by atoms with Gasteiger partial charge in [-0.25, -0.2) is 0 Å². The van der Waals surface area contributed by atoms with Crippen LogP contribution in [0.4, 0.5) is 11.4 Å². The van der Waals surface area contributed by atoms with Crippen molar-refractivity contribution in [3.05, 3.63) is 36.9 Å². The smallest absolute Gasteiger partial charge is 0.233 e. The van der Waals surface area contributed by atoms with E-state index in [0.717, 1.165) is 31.9 Å². The van der Waals surface area contributed by atoms with Crippen molar-refractivity contribution in [2.24, 2.45) is 0 Å². The molecule has 0 unspecified atom stereocenters. The van der Waals surface area contributed by atoms with Crippen molar-refractivity contribution in [3.8, 4) is 0 Å². The summed E-state index contributed by atoms with van der Waals surface area (Å²) in [7, 11) is 2.13. The monoisotopic (exact) mass is 316 g/mol. The number of anilines is 2. The number of carbonyl (C=O) groups is 2. The fourth-order valence-electron chi connectivity index (χ4n) is 2.42. The Morgan fingerprint density at radius 2 is 1.78 bits per heavy atom. The van der Waals surface area contributed by atoms with Crippen molar-refractivity contribution in [1.82, 2.24) is 10.2 Å². The molecule has 6 heteroatoms. The number of rotatable bonds is 6. The van der Waals surface area contributed by atoms with Crippen LogP contribution in [0.3, 0.4) is 0 Å². The lowest BCUT2D eigenvalue weighted by atomic mass is 10.2. The van der Waals surface area contributed by atoms with E-state index in [-0.39, 0.29) is 18.2 Å². The van der Waals surface area contributed by atoms with Gasteiger partial charge in [0.1, 0.15) is 6.42 Å². The average Bonchev–Trinajstić information content (AvgIpc) is 2.54. The zero-order valence-corrected chi connectivity index (χ0v) is 13.5. The van der Waals surface area contributed by atoms with Crippen LogP contribution in [-0.2, 0) is 9.59 Å². The van der Waals surface area contributed by atoms with Crippen molar-refractivity contribution in [2.75, 3.05) is 50.0 Å². The first-order valence-corrected chi connectivity index (χ1v) is 7.79. The Labute approximate surface area is 137 Å². The number of hydrogen-bond acceptors (Lipinski definition) is 4. The van der Waals surface area contributed by atoms with Crippen LogP contribution in [-0.4, -0.2) is 56.5 Å². The van der Waals surface area contributed by atoms with Crippen LogP contribution in [0.25, 0.3) is 0 Å². The van der Waals surface area contributed by atoms with Crippen LogP contribution in [0, 0.1) is 0 Å². The molecule has 1 aliphatic rings. The third-order valence-corrected chi connectivity index (χ3v) is 3.78. The highest BCUT2D eigenvalue weighted by atomic mass is 16.2. The number of nitrogens with zero attached hydrogens (tertiary/aromatic N) is 2. The van der Waals surface area contributed by atoms with Crippen molar-refractivity contribution >= 4 is 23.2 Å². The predicted octanol–water partition coefficient (Wildman–Crippen LogP) is 1.07. The van der Waals surface area contributed by atoms with Crippen molar-refractivity contribution < 1.29 is 9.59 Å². The number of piperazine rings is 1. The molecule has 6 nitrogen and oxygen atoms in total. The lowest BCUT2D eigenvalue weighted by Gasteiger charge is -2.34. The van der Waals surface area contributed by atoms with E-state index in [9.17, 15) is 9.59 Å². The minimum Gasteiger partial charge on any atom is -0.369 e. The first-order valence-electron chi connectivity index (χ1n) is 7.79. The lowest BCUT2D eigenvalue weighted by Crippen LogP contribution is -2.44. The molecule has 1 fully saturated rings. The SMILES string of the molecule is C=CCNC(=O)CC(=O)Nc1ccc(N2CCN(C)CC2)cc1. The van der Waals surface area contributed by atoms with Gasteiger partial charge in [0, 0.05) is 44.1 Å². The highest BCUT2D eigenvalue weighted by Crippen LogP contribution is 2.19. The van der Waals surface area contributed by atoms with Crippen molar-refractivity contribution in [3.63, 3.8) is 0 Å². The minimum absolute atomic E-state index is 0.186. The van der Waals surface area contributed by atoms with Crippen LogP contribution >= 0.6 is 0 Å². The molecule has 2 amide bonds. The highest BCUT2D eigenvalue weighted by Gasteiger charge is 2.14. The molecule has 2 rings (SSSR count). The molecule has 0 spiro atoms. The Balaban J connectivity index is 1.83. The molecule has 23 heavy (non-hydrogen) atoms. The number of benzene rings is 1. The molecule has 2 N–H and O–H groups in total. The summed E-state index contributed by atoms with van der Waals surface area (Å²) < 4.78 is 0. The molecule has 0 aliphatic carbocycles. The van der Waals surface area contributed by atoms with E-state index in [2.05, 4.69) is 34.1 Å². The van der Waals surface area contributed by atoms with Crippen LogP contribution in [0.5, 0.6) is 0 Å². The molecule has 0 radical (unpaired) electrons. The molecular weight excluding hydrogens is 292 g/mol. The average molecular weight is 316 g/mol. The predicted molar refractivity (Wildman–Crippen MR) is 92.6 cm³/mol. The zero-order chi connectivity index (χ0) is 16.7. The largest absolute Gasteiger partial charge is 0.369 e. The minimum atomic E-state index is -0.320. The quantitative estimate of drug-likeness (QED) is 0.609. The molecule has 0 aromatic heterocycles. The topological polar surface area (TPSA) is 64.7 Å². The second kappa shape index (κ2) is 8.33. The van der Waals surface area contributed by atoms with Gasteiger partial charge in [-0.15, -0.1) is 6.58 Å². The molecule has 1 aliphatic heterocycles. The van der Waals surface area contributed by atoms with E-state index in [4.69, 9.17) is 0 Å². The van der Waals surface area contributed by atoms with Crippen molar-refractivity contribution in [2.45, 2.75) is 6.42 Å². The van der Waals surface area contributed by atoms with E-state index >= 15 is 0 Å². The molecule has 1 heterocycles. The third-order valence-electron chi connectivity index (χ3n) is 3.78. The second-order valence-electron chi connectivity index (χ2n) is 5.65. The molecule has 124 valence electrons. The van der Waals surface area contributed by atoms with Gasteiger partial charge in [-0.1, -0.05) is 6.08 Å². The van der Waals surface area contributed by atoms with Gasteiger partial charge in [0.25, 0.3) is 0 Å². The summed E-state index contributed by atoms with van der Waals surface area (Å²) in [6.07, 6.45) is 1.39. The van der Waals surface area contributed by atoms with E-state index in [1.807, 2.05) is 24.3 Å². The van der Waals surface area contributed by atoms with Gasteiger partial charge in [0.05, 0.1) is 0 Å². The number of carbonyl (C=O) groups excluding carboxylic acids is 2.